The summed E-state index contributed by atoms with van der Waals surface area (Å²) >= 11 is 0. The van der Waals surface area contributed by atoms with Crippen LogP contribution in [0.4, 0.5) is 0 Å². The Kier molecular flexibility index (Phi) is 7.39. The third-order valence-corrected chi connectivity index (χ3v) is 5.50. The zero-order valence-electron chi connectivity index (χ0n) is 12.8. The van der Waals surface area contributed by atoms with E-state index in [0.717, 1.165) is 12.8 Å². The molecule has 1 fully saturated rings. The van der Waals surface area contributed by atoms with Gasteiger partial charge in [0.15, 0.2) is 0 Å². The molecule has 0 spiro atoms. The smallest absolute Gasteiger partial charge is 0.279 e. The fourth-order valence-electron chi connectivity index (χ4n) is 2.26. The van der Waals surface area contributed by atoms with E-state index in [1.54, 1.807) is 0 Å². The number of hydrogen-bond donors (Lipinski definition) is 2. The Bertz CT molecular complexity index is 365. The van der Waals surface area contributed by atoms with Gasteiger partial charge in [0.1, 0.15) is 0 Å². The second-order valence-electron chi connectivity index (χ2n) is 5.71. The molecule has 120 valence electrons. The molecular formula is C13H29N3O3S. The van der Waals surface area contributed by atoms with E-state index in [0.29, 0.717) is 38.8 Å². The number of piperidine rings is 1. The molecule has 1 unspecified atom stereocenters. The summed E-state index contributed by atoms with van der Waals surface area (Å²) in [7, 11) is -3.43. The highest BCUT2D eigenvalue weighted by Gasteiger charge is 2.30. The molecule has 0 aromatic heterocycles. The van der Waals surface area contributed by atoms with Crippen molar-refractivity contribution in [3.8, 4) is 0 Å². The predicted molar refractivity (Wildman–Crippen MR) is 80.5 cm³/mol. The molecule has 0 bridgehead atoms. The van der Waals surface area contributed by atoms with E-state index in [4.69, 9.17) is 10.5 Å². The van der Waals surface area contributed by atoms with Crippen LogP contribution in [0.25, 0.3) is 0 Å². The van der Waals surface area contributed by atoms with Gasteiger partial charge < -0.3 is 10.5 Å². The monoisotopic (exact) mass is 307 g/mol. The number of nitrogens with one attached hydrogen (secondary N) is 1. The van der Waals surface area contributed by atoms with Crippen LogP contribution < -0.4 is 10.5 Å². The van der Waals surface area contributed by atoms with Gasteiger partial charge in [0, 0.05) is 25.7 Å². The molecule has 3 N–H and O–H groups in total. The van der Waals surface area contributed by atoms with Gasteiger partial charge in [-0.25, -0.2) is 0 Å². The first kappa shape index (κ1) is 17.8. The normalized spacial score (nSPS) is 20.4. The first-order valence-corrected chi connectivity index (χ1v) is 8.89. The van der Waals surface area contributed by atoms with Crippen LogP contribution in [0.2, 0.25) is 0 Å². The lowest BCUT2D eigenvalue weighted by Gasteiger charge is -2.32. The maximum atomic E-state index is 12.4. The quantitative estimate of drug-likeness (QED) is 0.686. The molecule has 0 aliphatic carbocycles. The molecule has 0 saturated carbocycles. The first-order chi connectivity index (χ1) is 9.40. The van der Waals surface area contributed by atoms with Crippen molar-refractivity contribution in [1.29, 1.82) is 0 Å². The zero-order valence-corrected chi connectivity index (χ0v) is 13.7. The maximum Gasteiger partial charge on any atom is 0.279 e. The minimum absolute atomic E-state index is 0.188. The van der Waals surface area contributed by atoms with Crippen molar-refractivity contribution in [3.63, 3.8) is 0 Å². The van der Waals surface area contributed by atoms with Crippen LogP contribution in [0.3, 0.4) is 0 Å². The van der Waals surface area contributed by atoms with E-state index in [1.165, 1.54) is 4.31 Å². The molecule has 0 amide bonds. The summed E-state index contributed by atoms with van der Waals surface area (Å²) in [5, 5.41) is 0. The minimum atomic E-state index is -3.43. The van der Waals surface area contributed by atoms with E-state index < -0.39 is 10.2 Å². The number of nitrogens with zero attached hydrogens (tertiary/aromatic N) is 1. The molecule has 0 aromatic rings. The summed E-state index contributed by atoms with van der Waals surface area (Å²) in [5.74, 6) is 0.642. The van der Waals surface area contributed by atoms with Crippen molar-refractivity contribution in [1.82, 2.24) is 9.03 Å². The average molecular weight is 307 g/mol. The molecule has 1 aliphatic rings. The number of rotatable bonds is 8. The van der Waals surface area contributed by atoms with Gasteiger partial charge in [-0.1, -0.05) is 13.8 Å². The number of ether oxygens (including phenoxy) is 1. The molecule has 1 saturated heterocycles. The Labute approximate surface area is 123 Å². The average Bonchev–Trinajstić information content (AvgIpc) is 2.43. The summed E-state index contributed by atoms with van der Waals surface area (Å²) in [6, 6.07) is -0.188. The van der Waals surface area contributed by atoms with E-state index in [2.05, 4.69) is 4.72 Å². The number of nitrogens with two attached hydrogens (primary N) is 1. The fraction of sp³-hybridized carbons (Fsp3) is 1.00. The van der Waals surface area contributed by atoms with Crippen LogP contribution in [0.15, 0.2) is 0 Å². The molecule has 6 nitrogen and oxygen atoms in total. The second kappa shape index (κ2) is 8.29. The highest BCUT2D eigenvalue weighted by molar-refractivity contribution is 7.87. The van der Waals surface area contributed by atoms with Crippen LogP contribution in [-0.2, 0) is 14.9 Å². The van der Waals surface area contributed by atoms with Gasteiger partial charge >= 0.3 is 0 Å². The summed E-state index contributed by atoms with van der Waals surface area (Å²) in [6.45, 7) is 8.64. The molecule has 1 aliphatic heterocycles. The van der Waals surface area contributed by atoms with Gasteiger partial charge in [-0.2, -0.15) is 17.4 Å². The largest absolute Gasteiger partial charge is 0.380 e. The van der Waals surface area contributed by atoms with Crippen molar-refractivity contribution < 1.29 is 13.2 Å². The Morgan fingerprint density at radius 3 is 2.40 bits per heavy atom. The van der Waals surface area contributed by atoms with E-state index in [9.17, 15) is 8.42 Å². The van der Waals surface area contributed by atoms with Crippen molar-refractivity contribution in [2.24, 2.45) is 17.6 Å². The molecule has 0 radical (unpaired) electrons. The van der Waals surface area contributed by atoms with Gasteiger partial charge in [0.2, 0.25) is 0 Å². The minimum Gasteiger partial charge on any atom is -0.380 e. The standard InChI is InChI=1S/C13H29N3O3S/c1-4-19-10-13(11(2)3)15-20(17,18)16-7-5-12(9-14)6-8-16/h11-13,15H,4-10,14H2,1-3H3. The van der Waals surface area contributed by atoms with Crippen LogP contribution in [0.5, 0.6) is 0 Å². The lowest BCUT2D eigenvalue weighted by molar-refractivity contribution is 0.115. The van der Waals surface area contributed by atoms with Crippen molar-refractivity contribution in [2.75, 3.05) is 32.8 Å². The van der Waals surface area contributed by atoms with Crippen LogP contribution in [0, 0.1) is 11.8 Å². The highest BCUT2D eigenvalue weighted by atomic mass is 32.2. The van der Waals surface area contributed by atoms with E-state index >= 15 is 0 Å². The second-order valence-corrected chi connectivity index (χ2v) is 7.41. The van der Waals surface area contributed by atoms with Crippen molar-refractivity contribution >= 4 is 10.2 Å². The van der Waals surface area contributed by atoms with Gasteiger partial charge in [0.05, 0.1) is 6.61 Å². The van der Waals surface area contributed by atoms with Crippen LogP contribution in [-0.4, -0.2) is 51.6 Å². The molecule has 1 heterocycles. The molecule has 1 rings (SSSR count). The summed E-state index contributed by atoms with van der Waals surface area (Å²) in [5.41, 5.74) is 5.63. The van der Waals surface area contributed by atoms with Crippen LogP contribution >= 0.6 is 0 Å². The summed E-state index contributed by atoms with van der Waals surface area (Å²) < 4.78 is 34.4. The molecule has 1 atom stereocenters. The Morgan fingerprint density at radius 2 is 1.95 bits per heavy atom. The lowest BCUT2D eigenvalue weighted by Crippen LogP contribution is -2.51. The molecular weight excluding hydrogens is 278 g/mol. The van der Waals surface area contributed by atoms with Gasteiger partial charge in [-0.3, -0.25) is 0 Å². The third-order valence-electron chi connectivity index (χ3n) is 3.85. The van der Waals surface area contributed by atoms with E-state index in [1.807, 2.05) is 20.8 Å². The van der Waals surface area contributed by atoms with Crippen molar-refractivity contribution in [3.05, 3.63) is 0 Å². The van der Waals surface area contributed by atoms with Crippen molar-refractivity contribution in [2.45, 2.75) is 39.7 Å². The first-order valence-electron chi connectivity index (χ1n) is 7.45. The highest BCUT2D eigenvalue weighted by Crippen LogP contribution is 2.18. The Morgan fingerprint density at radius 1 is 1.35 bits per heavy atom. The van der Waals surface area contributed by atoms with Crippen LogP contribution in [0.1, 0.15) is 33.6 Å². The summed E-state index contributed by atoms with van der Waals surface area (Å²) in [4.78, 5) is 0. The Balaban J connectivity index is 2.59. The molecule has 7 heteroatoms. The lowest BCUT2D eigenvalue weighted by atomic mass is 9.99. The predicted octanol–water partition coefficient (Wildman–Crippen LogP) is 0.553. The number of hydrogen-bond acceptors (Lipinski definition) is 4. The summed E-state index contributed by atoms with van der Waals surface area (Å²) in [6.07, 6.45) is 1.68. The zero-order chi connectivity index (χ0) is 15.2. The Hall–Kier alpha value is -0.210. The fourth-order valence-corrected chi connectivity index (χ4v) is 3.82. The van der Waals surface area contributed by atoms with Gasteiger partial charge in [-0.05, 0) is 38.1 Å². The van der Waals surface area contributed by atoms with Gasteiger partial charge in [-0.15, -0.1) is 0 Å². The topological polar surface area (TPSA) is 84.7 Å². The van der Waals surface area contributed by atoms with E-state index in [-0.39, 0.29) is 12.0 Å². The SMILES string of the molecule is CCOCC(NS(=O)(=O)N1CCC(CN)CC1)C(C)C. The molecule has 20 heavy (non-hydrogen) atoms. The van der Waals surface area contributed by atoms with Gasteiger partial charge in [0.25, 0.3) is 10.2 Å². The maximum absolute atomic E-state index is 12.4. The third kappa shape index (κ3) is 5.29. The molecule has 0 aromatic carbocycles.